The number of aryl methyl sites for hydroxylation is 1. The summed E-state index contributed by atoms with van der Waals surface area (Å²) in [5, 5.41) is 14.7. The number of fused-ring (bicyclic) bond motifs is 3. The van der Waals surface area contributed by atoms with Crippen molar-refractivity contribution < 1.29 is 12.8 Å². The Hall–Kier alpha value is -3.56. The van der Waals surface area contributed by atoms with Crippen LogP contribution in [0.5, 0.6) is 0 Å². The molecule has 0 fully saturated rings. The van der Waals surface area contributed by atoms with Crippen LogP contribution < -0.4 is 4.72 Å². The molecule has 5 rings (SSSR count). The van der Waals surface area contributed by atoms with E-state index in [1.54, 1.807) is 17.5 Å². The molecule has 2 aromatic carbocycles. The van der Waals surface area contributed by atoms with E-state index in [1.165, 1.54) is 6.07 Å². The van der Waals surface area contributed by atoms with E-state index in [2.05, 4.69) is 20.0 Å². The quantitative estimate of drug-likeness (QED) is 0.451. The summed E-state index contributed by atoms with van der Waals surface area (Å²) in [6, 6.07) is 19.7. The third-order valence-corrected chi connectivity index (χ3v) is 6.56. The number of benzene rings is 2. The molecule has 5 aromatic rings. The molecule has 3 heterocycles. The number of sulfonamides is 1. The average molecular weight is 433 g/mol. The first-order valence-corrected chi connectivity index (χ1v) is 11.2. The minimum atomic E-state index is -3.87. The van der Waals surface area contributed by atoms with Crippen LogP contribution in [0, 0.1) is 6.92 Å². The van der Waals surface area contributed by atoms with Crippen molar-refractivity contribution in [1.29, 1.82) is 0 Å². The van der Waals surface area contributed by atoms with Crippen molar-refractivity contribution >= 4 is 26.4 Å². The fraction of sp³-hybridized carbons (Fsp3) is 0.136. The molecule has 0 radical (unpaired) electrons. The van der Waals surface area contributed by atoms with Crippen molar-refractivity contribution in [2.45, 2.75) is 25.0 Å². The van der Waals surface area contributed by atoms with Crippen molar-refractivity contribution in [3.63, 3.8) is 0 Å². The third kappa shape index (κ3) is 3.37. The number of rotatable bonds is 5. The van der Waals surface area contributed by atoms with Crippen molar-refractivity contribution in [1.82, 2.24) is 24.5 Å². The van der Waals surface area contributed by atoms with Crippen LogP contribution in [0.1, 0.15) is 24.2 Å². The maximum absolute atomic E-state index is 12.8. The summed E-state index contributed by atoms with van der Waals surface area (Å²) in [7, 11) is -3.87. The number of nitrogens with zero attached hydrogens (tertiary/aromatic N) is 4. The van der Waals surface area contributed by atoms with Gasteiger partial charge in [-0.3, -0.25) is 0 Å². The monoisotopic (exact) mass is 433 g/mol. The van der Waals surface area contributed by atoms with Gasteiger partial charge in [0.05, 0.1) is 5.69 Å². The standard InChI is InChI=1S/C22H19N5O3S/c1-14(16-8-4-3-5-9-16)26-31(28,29)20-13-12-19(30-20)22-24-23-21-18-11-7-6-10-17(18)15(2)25-27(21)22/h3-14,26H,1-2H3/t14-/m1/s1. The van der Waals surface area contributed by atoms with E-state index in [0.29, 0.717) is 11.5 Å². The second-order valence-electron chi connectivity index (χ2n) is 7.26. The number of hydrogen-bond donors (Lipinski definition) is 1. The fourth-order valence-corrected chi connectivity index (χ4v) is 4.74. The van der Waals surface area contributed by atoms with Gasteiger partial charge in [0.1, 0.15) is 0 Å². The lowest BCUT2D eigenvalue weighted by Crippen LogP contribution is -2.26. The molecule has 0 aliphatic heterocycles. The molecule has 0 bridgehead atoms. The summed E-state index contributed by atoms with van der Waals surface area (Å²) < 4.78 is 35.5. The lowest BCUT2D eigenvalue weighted by molar-refractivity contribution is 0.449. The Labute approximate surface area is 178 Å². The van der Waals surface area contributed by atoms with Crippen LogP contribution in [-0.4, -0.2) is 28.2 Å². The molecule has 0 aliphatic carbocycles. The highest BCUT2D eigenvalue weighted by Crippen LogP contribution is 2.27. The minimum Gasteiger partial charge on any atom is -0.440 e. The van der Waals surface area contributed by atoms with Gasteiger partial charge in [-0.1, -0.05) is 54.6 Å². The Bertz CT molecular complexity index is 1510. The van der Waals surface area contributed by atoms with Crippen LogP contribution >= 0.6 is 0 Å². The molecule has 156 valence electrons. The molecule has 9 heteroatoms. The first-order valence-electron chi connectivity index (χ1n) is 9.72. The maximum Gasteiger partial charge on any atom is 0.274 e. The van der Waals surface area contributed by atoms with Crippen molar-refractivity contribution in [3.05, 3.63) is 78.0 Å². The summed E-state index contributed by atoms with van der Waals surface area (Å²) in [5.74, 6) is 0.601. The van der Waals surface area contributed by atoms with Crippen molar-refractivity contribution in [2.75, 3.05) is 0 Å². The highest BCUT2D eigenvalue weighted by atomic mass is 32.2. The van der Waals surface area contributed by atoms with Crippen LogP contribution in [0.15, 0.2) is 76.2 Å². The lowest BCUT2D eigenvalue weighted by atomic mass is 10.1. The molecule has 1 atom stereocenters. The summed E-state index contributed by atoms with van der Waals surface area (Å²) in [6.07, 6.45) is 0. The molecule has 8 nitrogen and oxygen atoms in total. The molecule has 31 heavy (non-hydrogen) atoms. The predicted molar refractivity (Wildman–Crippen MR) is 116 cm³/mol. The van der Waals surface area contributed by atoms with Gasteiger partial charge in [0.2, 0.25) is 10.9 Å². The lowest BCUT2D eigenvalue weighted by Gasteiger charge is -2.13. The number of furan rings is 1. The van der Waals surface area contributed by atoms with Crippen LogP contribution in [0.25, 0.3) is 28.0 Å². The summed E-state index contributed by atoms with van der Waals surface area (Å²) in [4.78, 5) is 0. The smallest absolute Gasteiger partial charge is 0.274 e. The third-order valence-electron chi connectivity index (χ3n) is 5.15. The van der Waals surface area contributed by atoms with Gasteiger partial charge in [-0.2, -0.15) is 9.61 Å². The zero-order valence-electron chi connectivity index (χ0n) is 16.9. The zero-order chi connectivity index (χ0) is 21.6. The van der Waals surface area contributed by atoms with E-state index < -0.39 is 16.1 Å². The molecule has 0 unspecified atom stereocenters. The molecule has 0 amide bonds. The molecule has 1 N–H and O–H groups in total. The van der Waals surface area contributed by atoms with Crippen LogP contribution in [0.2, 0.25) is 0 Å². The second kappa shape index (κ2) is 7.29. The van der Waals surface area contributed by atoms with Gasteiger partial charge in [-0.25, -0.2) is 13.1 Å². The molecule has 0 saturated heterocycles. The van der Waals surface area contributed by atoms with Gasteiger partial charge in [0.15, 0.2) is 11.4 Å². The SMILES string of the molecule is Cc1nn2c(-c3ccc(S(=O)(=O)N[C@H](C)c4ccccc4)o3)nnc2c2ccccc12. The molecular formula is C22H19N5O3S. The normalized spacial score (nSPS) is 13.1. The average Bonchev–Trinajstić information content (AvgIpc) is 3.42. The van der Waals surface area contributed by atoms with Gasteiger partial charge in [-0.15, -0.1) is 10.2 Å². The highest BCUT2D eigenvalue weighted by Gasteiger charge is 2.24. The first-order chi connectivity index (χ1) is 14.9. The Morgan fingerprint density at radius 1 is 0.935 bits per heavy atom. The summed E-state index contributed by atoms with van der Waals surface area (Å²) in [5.41, 5.74) is 2.24. The van der Waals surface area contributed by atoms with Crippen molar-refractivity contribution in [2.24, 2.45) is 0 Å². The first kappa shape index (κ1) is 19.4. The van der Waals surface area contributed by atoms with E-state index in [-0.39, 0.29) is 10.9 Å². The highest BCUT2D eigenvalue weighted by molar-refractivity contribution is 7.89. The number of nitrogens with one attached hydrogen (secondary N) is 1. The summed E-state index contributed by atoms with van der Waals surface area (Å²) >= 11 is 0. The molecule has 3 aromatic heterocycles. The zero-order valence-corrected chi connectivity index (χ0v) is 17.7. The topological polar surface area (TPSA) is 102 Å². The summed E-state index contributed by atoms with van der Waals surface area (Å²) in [6.45, 7) is 3.68. The van der Waals surface area contributed by atoms with Gasteiger partial charge in [0.25, 0.3) is 10.0 Å². The van der Waals surface area contributed by atoms with Crippen molar-refractivity contribution in [3.8, 4) is 11.6 Å². The van der Waals surface area contributed by atoms with Gasteiger partial charge < -0.3 is 4.42 Å². The second-order valence-corrected chi connectivity index (χ2v) is 8.91. The van der Waals surface area contributed by atoms with Crippen LogP contribution in [-0.2, 0) is 10.0 Å². The fourth-order valence-electron chi connectivity index (χ4n) is 3.58. The maximum atomic E-state index is 12.8. The predicted octanol–water partition coefficient (Wildman–Crippen LogP) is 3.89. The van der Waals surface area contributed by atoms with Gasteiger partial charge in [-0.05, 0) is 31.5 Å². The van der Waals surface area contributed by atoms with E-state index in [0.717, 1.165) is 22.0 Å². The Morgan fingerprint density at radius 2 is 1.65 bits per heavy atom. The Morgan fingerprint density at radius 3 is 2.42 bits per heavy atom. The van der Waals surface area contributed by atoms with Crippen LogP contribution in [0.4, 0.5) is 0 Å². The van der Waals surface area contributed by atoms with Gasteiger partial charge >= 0.3 is 0 Å². The van der Waals surface area contributed by atoms with E-state index in [9.17, 15) is 8.42 Å². The largest absolute Gasteiger partial charge is 0.440 e. The van der Waals surface area contributed by atoms with E-state index in [1.807, 2.05) is 61.5 Å². The number of aromatic nitrogens is 4. The Balaban J connectivity index is 1.51. The molecule has 0 saturated carbocycles. The van der Waals surface area contributed by atoms with E-state index in [4.69, 9.17) is 4.42 Å². The van der Waals surface area contributed by atoms with Gasteiger partial charge in [0, 0.05) is 16.8 Å². The minimum absolute atomic E-state index is 0.195. The Kier molecular flexibility index (Phi) is 4.57. The van der Waals surface area contributed by atoms with Crippen LogP contribution in [0.3, 0.4) is 0 Å². The van der Waals surface area contributed by atoms with E-state index >= 15 is 0 Å². The molecule has 0 aliphatic rings. The molecular weight excluding hydrogens is 414 g/mol. The molecule has 0 spiro atoms. The number of hydrogen-bond acceptors (Lipinski definition) is 6.